The first-order valence-electron chi connectivity index (χ1n) is 2.25. The van der Waals surface area contributed by atoms with E-state index in [9.17, 15) is 4.79 Å². The minimum absolute atomic E-state index is 0.497. The van der Waals surface area contributed by atoms with Crippen molar-refractivity contribution in [1.29, 1.82) is 0 Å². The molecular formula is C5H5NOS. The third-order valence-electron chi connectivity index (χ3n) is 0.803. The molecule has 0 aliphatic rings. The molecular weight excluding hydrogens is 122 g/mol. The fourth-order valence-corrected chi connectivity index (χ4v) is 0.973. The molecule has 1 rings (SSSR count). The highest BCUT2D eigenvalue weighted by molar-refractivity contribution is 7.03. The van der Waals surface area contributed by atoms with Gasteiger partial charge in [-0.2, -0.15) is 0 Å². The molecule has 0 unspecified atom stereocenters. The lowest BCUT2D eigenvalue weighted by molar-refractivity contribution is -0.107. The van der Waals surface area contributed by atoms with E-state index in [0.717, 1.165) is 11.8 Å². The summed E-state index contributed by atoms with van der Waals surface area (Å²) in [5.74, 6) is 0. The van der Waals surface area contributed by atoms with Crippen LogP contribution >= 0.6 is 11.5 Å². The van der Waals surface area contributed by atoms with Gasteiger partial charge in [-0.1, -0.05) is 0 Å². The zero-order chi connectivity index (χ0) is 5.82. The molecule has 0 amide bonds. The predicted molar refractivity (Wildman–Crippen MR) is 31.9 cm³/mol. The average molecular weight is 127 g/mol. The molecule has 0 aliphatic heterocycles. The normalized spacial score (nSPS) is 9.00. The molecule has 0 radical (unpaired) electrons. The molecule has 0 spiro atoms. The second-order valence-corrected chi connectivity index (χ2v) is 2.06. The van der Waals surface area contributed by atoms with Gasteiger partial charge in [-0.25, -0.2) is 4.37 Å². The molecule has 1 heterocycles. The van der Waals surface area contributed by atoms with E-state index in [-0.39, 0.29) is 0 Å². The first-order chi connectivity index (χ1) is 3.93. The molecule has 0 aromatic carbocycles. The zero-order valence-corrected chi connectivity index (χ0v) is 5.02. The topological polar surface area (TPSA) is 30.0 Å². The molecule has 0 saturated heterocycles. The van der Waals surface area contributed by atoms with E-state index < -0.39 is 0 Å². The van der Waals surface area contributed by atoms with E-state index in [0.29, 0.717) is 6.42 Å². The molecule has 0 saturated carbocycles. The van der Waals surface area contributed by atoms with E-state index in [1.54, 1.807) is 6.20 Å². The summed E-state index contributed by atoms with van der Waals surface area (Å²) in [6.07, 6.45) is 3.08. The largest absolute Gasteiger partial charge is 0.303 e. The Balaban J connectivity index is 2.62. The van der Waals surface area contributed by atoms with Crippen molar-refractivity contribution in [3.8, 4) is 0 Å². The molecule has 0 bridgehead atoms. The van der Waals surface area contributed by atoms with E-state index in [4.69, 9.17) is 0 Å². The summed E-state index contributed by atoms with van der Waals surface area (Å²) in [5, 5.41) is 1.87. The highest BCUT2D eigenvalue weighted by Crippen LogP contribution is 1.99. The molecule has 1 aromatic rings. The zero-order valence-electron chi connectivity index (χ0n) is 4.20. The van der Waals surface area contributed by atoms with Crippen molar-refractivity contribution in [3.05, 3.63) is 17.1 Å². The van der Waals surface area contributed by atoms with Crippen LogP contribution in [0.5, 0.6) is 0 Å². The Morgan fingerprint density at radius 1 is 1.88 bits per heavy atom. The number of hydrogen-bond donors (Lipinski definition) is 0. The number of rotatable bonds is 2. The molecule has 0 N–H and O–H groups in total. The Labute approximate surface area is 51.3 Å². The van der Waals surface area contributed by atoms with Crippen LogP contribution in [0.1, 0.15) is 5.56 Å². The van der Waals surface area contributed by atoms with Gasteiger partial charge in [0, 0.05) is 18.0 Å². The SMILES string of the molecule is O=CCc1cnsc1. The summed E-state index contributed by atoms with van der Waals surface area (Å²) < 4.78 is 3.82. The molecule has 0 aliphatic carbocycles. The maximum atomic E-state index is 9.85. The van der Waals surface area contributed by atoms with Gasteiger partial charge in [0.1, 0.15) is 6.29 Å². The third-order valence-corrected chi connectivity index (χ3v) is 1.44. The first-order valence-corrected chi connectivity index (χ1v) is 3.09. The van der Waals surface area contributed by atoms with Crippen LogP contribution < -0.4 is 0 Å². The molecule has 8 heavy (non-hydrogen) atoms. The predicted octanol–water partition coefficient (Wildman–Crippen LogP) is 0.885. The maximum Gasteiger partial charge on any atom is 0.124 e. The minimum atomic E-state index is 0.497. The molecule has 0 atom stereocenters. The lowest BCUT2D eigenvalue weighted by Gasteiger charge is -1.76. The Kier molecular flexibility index (Phi) is 1.75. The van der Waals surface area contributed by atoms with Gasteiger partial charge in [-0.05, 0) is 17.1 Å². The lowest BCUT2D eigenvalue weighted by Crippen LogP contribution is -1.78. The maximum absolute atomic E-state index is 9.85. The van der Waals surface area contributed by atoms with Crippen LogP contribution in [0.3, 0.4) is 0 Å². The standard InChI is InChI=1S/C5H5NOS/c7-2-1-5-3-6-8-4-5/h2-4H,1H2. The molecule has 0 fully saturated rings. The van der Waals surface area contributed by atoms with Gasteiger partial charge in [0.15, 0.2) is 0 Å². The van der Waals surface area contributed by atoms with Crippen molar-refractivity contribution >= 4 is 17.8 Å². The number of hydrogen-bond acceptors (Lipinski definition) is 3. The second kappa shape index (κ2) is 2.57. The number of carbonyl (C=O) groups excluding carboxylic acids is 1. The molecule has 42 valence electrons. The summed E-state index contributed by atoms with van der Waals surface area (Å²) in [4.78, 5) is 9.85. The first kappa shape index (κ1) is 5.44. The summed E-state index contributed by atoms with van der Waals surface area (Å²) >= 11 is 1.37. The average Bonchev–Trinajstić information content (AvgIpc) is 2.19. The number of aromatic nitrogens is 1. The third kappa shape index (κ3) is 1.13. The van der Waals surface area contributed by atoms with E-state index in [1.807, 2.05) is 5.38 Å². The smallest absolute Gasteiger partial charge is 0.124 e. The Hall–Kier alpha value is -0.700. The number of carbonyl (C=O) groups is 1. The van der Waals surface area contributed by atoms with Crippen LogP contribution in [0.15, 0.2) is 11.6 Å². The van der Waals surface area contributed by atoms with Gasteiger partial charge >= 0.3 is 0 Å². The van der Waals surface area contributed by atoms with Crippen LogP contribution in [-0.2, 0) is 11.2 Å². The van der Waals surface area contributed by atoms with Crippen LogP contribution in [0.2, 0.25) is 0 Å². The van der Waals surface area contributed by atoms with E-state index in [2.05, 4.69) is 4.37 Å². The number of nitrogens with zero attached hydrogens (tertiary/aromatic N) is 1. The summed E-state index contributed by atoms with van der Waals surface area (Å²) in [6.45, 7) is 0. The Bertz CT molecular complexity index is 159. The van der Waals surface area contributed by atoms with Gasteiger partial charge < -0.3 is 4.79 Å². The van der Waals surface area contributed by atoms with E-state index in [1.165, 1.54) is 11.5 Å². The van der Waals surface area contributed by atoms with Crippen molar-refractivity contribution in [2.45, 2.75) is 6.42 Å². The highest BCUT2D eigenvalue weighted by atomic mass is 32.1. The Morgan fingerprint density at radius 3 is 3.25 bits per heavy atom. The fraction of sp³-hybridized carbons (Fsp3) is 0.200. The van der Waals surface area contributed by atoms with Crippen LogP contribution in [0.25, 0.3) is 0 Å². The van der Waals surface area contributed by atoms with Crippen LogP contribution in [0.4, 0.5) is 0 Å². The molecule has 1 aromatic heterocycles. The summed E-state index contributed by atoms with van der Waals surface area (Å²) in [7, 11) is 0. The van der Waals surface area contributed by atoms with Gasteiger partial charge in [0.25, 0.3) is 0 Å². The van der Waals surface area contributed by atoms with Gasteiger partial charge in [-0.3, -0.25) is 0 Å². The van der Waals surface area contributed by atoms with Gasteiger partial charge in [0.2, 0.25) is 0 Å². The number of aldehydes is 1. The summed E-state index contributed by atoms with van der Waals surface area (Å²) in [6, 6.07) is 0. The second-order valence-electron chi connectivity index (χ2n) is 1.40. The quantitative estimate of drug-likeness (QED) is 0.552. The van der Waals surface area contributed by atoms with Gasteiger partial charge in [0.05, 0.1) is 0 Å². The van der Waals surface area contributed by atoms with E-state index >= 15 is 0 Å². The lowest BCUT2D eigenvalue weighted by atomic mass is 10.3. The van der Waals surface area contributed by atoms with Gasteiger partial charge in [-0.15, -0.1) is 0 Å². The van der Waals surface area contributed by atoms with Crippen molar-refractivity contribution < 1.29 is 4.79 Å². The Morgan fingerprint density at radius 2 is 2.75 bits per heavy atom. The van der Waals surface area contributed by atoms with Crippen LogP contribution in [-0.4, -0.2) is 10.7 Å². The fourth-order valence-electron chi connectivity index (χ4n) is 0.424. The van der Waals surface area contributed by atoms with Crippen molar-refractivity contribution in [2.24, 2.45) is 0 Å². The van der Waals surface area contributed by atoms with Crippen molar-refractivity contribution in [3.63, 3.8) is 0 Å². The monoisotopic (exact) mass is 127 g/mol. The van der Waals surface area contributed by atoms with Crippen molar-refractivity contribution in [2.75, 3.05) is 0 Å². The minimum Gasteiger partial charge on any atom is -0.303 e. The molecule has 2 nitrogen and oxygen atoms in total. The highest BCUT2D eigenvalue weighted by Gasteiger charge is 1.88. The van der Waals surface area contributed by atoms with Crippen molar-refractivity contribution in [1.82, 2.24) is 4.37 Å². The summed E-state index contributed by atoms with van der Waals surface area (Å²) in [5.41, 5.74) is 1.00. The van der Waals surface area contributed by atoms with Crippen LogP contribution in [0, 0.1) is 0 Å². The molecule has 3 heteroatoms.